The van der Waals surface area contributed by atoms with E-state index >= 15 is 0 Å². The molecule has 0 amide bonds. The third-order valence-electron chi connectivity index (χ3n) is 6.14. The van der Waals surface area contributed by atoms with Crippen molar-refractivity contribution in [2.45, 2.75) is 72.5 Å². The Hall–Kier alpha value is -4.13. The zero-order valence-corrected chi connectivity index (χ0v) is 23.7. The molecule has 4 rings (SSSR count). The molecule has 3 aromatic rings. The molecule has 1 aromatic heterocycles. The number of carbonyl (C=O) groups excluding carboxylic acids is 2. The number of benzene rings is 2. The van der Waals surface area contributed by atoms with Gasteiger partial charge in [-0.25, -0.2) is 9.59 Å². The molecule has 0 radical (unpaired) electrons. The van der Waals surface area contributed by atoms with Gasteiger partial charge in [0.1, 0.15) is 22.5 Å². The normalized spacial score (nSPS) is 14.9. The minimum absolute atomic E-state index is 0.158. The fraction of sp³-hybridized carbons (Fsp3) is 0.344. The second-order valence-electron chi connectivity index (χ2n) is 11.7. The molecule has 0 bridgehead atoms. The Morgan fingerprint density at radius 2 is 1.36 bits per heavy atom. The highest BCUT2D eigenvalue weighted by Gasteiger charge is 2.40. The maximum atomic E-state index is 13.6. The molecular weight excluding hydrogens is 494 g/mol. The van der Waals surface area contributed by atoms with Gasteiger partial charge in [0.25, 0.3) is 0 Å². The van der Waals surface area contributed by atoms with Crippen LogP contribution in [0.5, 0.6) is 0 Å². The van der Waals surface area contributed by atoms with Crippen molar-refractivity contribution >= 4 is 22.9 Å². The minimum Gasteiger partial charge on any atom is -0.457 e. The molecule has 0 saturated carbocycles. The van der Waals surface area contributed by atoms with Crippen molar-refractivity contribution < 1.29 is 23.5 Å². The van der Waals surface area contributed by atoms with Gasteiger partial charge in [0, 0.05) is 23.0 Å². The second-order valence-corrected chi connectivity index (χ2v) is 11.7. The van der Waals surface area contributed by atoms with E-state index in [1.54, 1.807) is 73.6 Å². The molecule has 0 spiro atoms. The zero-order chi connectivity index (χ0) is 28.7. The number of rotatable bonds is 4. The number of fused-ring (bicyclic) bond motifs is 1. The standard InChI is InChI=1S/C32H35NO6/c1-18-26(29(35)38-31(3,4)5)28(27(19(2)33-18)30(36)39-32(6,7)8)21-13-11-12-20(16-21)25-17-23(34)22-14-9-10-15-24(22)37-25/h9-17,28,33H,1-8H3. The lowest BCUT2D eigenvalue weighted by Crippen LogP contribution is -2.36. The SMILES string of the molecule is CC1=C(C(=O)OC(C)(C)C)C(c2cccc(-c3cc(=O)c4ccccc4o3)c2)C(C(=O)OC(C)(C)C)=C(C)N1. The largest absolute Gasteiger partial charge is 0.457 e. The van der Waals surface area contributed by atoms with Crippen molar-refractivity contribution in [3.63, 3.8) is 0 Å². The molecule has 1 aliphatic heterocycles. The van der Waals surface area contributed by atoms with Gasteiger partial charge in [0.05, 0.1) is 22.5 Å². The number of dihydropyridines is 1. The molecule has 0 fully saturated rings. The van der Waals surface area contributed by atoms with Gasteiger partial charge in [-0.15, -0.1) is 0 Å². The fourth-order valence-corrected chi connectivity index (χ4v) is 4.65. The summed E-state index contributed by atoms with van der Waals surface area (Å²) in [6, 6.07) is 15.8. The van der Waals surface area contributed by atoms with Gasteiger partial charge < -0.3 is 19.2 Å². The predicted molar refractivity (Wildman–Crippen MR) is 151 cm³/mol. The van der Waals surface area contributed by atoms with E-state index in [-0.39, 0.29) is 5.43 Å². The van der Waals surface area contributed by atoms with E-state index in [0.29, 0.717) is 50.4 Å². The van der Waals surface area contributed by atoms with Crippen LogP contribution in [0.1, 0.15) is 66.9 Å². The quantitative estimate of drug-likeness (QED) is 0.392. The van der Waals surface area contributed by atoms with Crippen LogP contribution in [0, 0.1) is 0 Å². The lowest BCUT2D eigenvalue weighted by Gasteiger charge is -2.33. The van der Waals surface area contributed by atoms with Crippen LogP contribution in [-0.2, 0) is 19.1 Å². The molecule has 0 aliphatic carbocycles. The first-order chi connectivity index (χ1) is 18.1. The topological polar surface area (TPSA) is 94.8 Å². The van der Waals surface area contributed by atoms with Gasteiger partial charge >= 0.3 is 11.9 Å². The van der Waals surface area contributed by atoms with E-state index in [2.05, 4.69) is 5.32 Å². The van der Waals surface area contributed by atoms with Crippen molar-refractivity contribution in [3.8, 4) is 11.3 Å². The fourth-order valence-electron chi connectivity index (χ4n) is 4.65. The van der Waals surface area contributed by atoms with Crippen LogP contribution in [-0.4, -0.2) is 23.1 Å². The Bertz CT molecular complexity index is 1530. The number of nitrogens with one attached hydrogen (secondary N) is 1. The highest BCUT2D eigenvalue weighted by atomic mass is 16.6. The average Bonchev–Trinajstić information content (AvgIpc) is 2.81. The number of allylic oxidation sites excluding steroid dienone is 2. The summed E-state index contributed by atoms with van der Waals surface area (Å²) < 4.78 is 17.6. The predicted octanol–water partition coefficient (Wildman–Crippen LogP) is 6.38. The van der Waals surface area contributed by atoms with Crippen LogP contribution in [0.15, 0.2) is 86.3 Å². The molecule has 7 nitrogen and oxygen atoms in total. The van der Waals surface area contributed by atoms with E-state index in [1.807, 2.05) is 30.3 Å². The Labute approximate surface area is 228 Å². The minimum atomic E-state index is -0.775. The van der Waals surface area contributed by atoms with E-state index in [1.165, 1.54) is 6.07 Å². The molecule has 1 aliphatic rings. The maximum Gasteiger partial charge on any atom is 0.337 e. The Morgan fingerprint density at radius 3 is 1.92 bits per heavy atom. The van der Waals surface area contributed by atoms with E-state index < -0.39 is 29.1 Å². The first-order valence-corrected chi connectivity index (χ1v) is 12.9. The van der Waals surface area contributed by atoms with Gasteiger partial charge in [-0.1, -0.05) is 30.3 Å². The molecule has 1 N–H and O–H groups in total. The van der Waals surface area contributed by atoms with Crippen LogP contribution in [0.2, 0.25) is 0 Å². The molecule has 0 atom stereocenters. The number of hydrogen-bond donors (Lipinski definition) is 1. The summed E-state index contributed by atoms with van der Waals surface area (Å²) in [5, 5.41) is 3.68. The Balaban J connectivity index is 1.90. The smallest absolute Gasteiger partial charge is 0.337 e. The first-order valence-electron chi connectivity index (χ1n) is 12.9. The maximum absolute atomic E-state index is 13.6. The summed E-state index contributed by atoms with van der Waals surface area (Å²) in [4.78, 5) is 39.9. The number of para-hydroxylation sites is 1. The third-order valence-corrected chi connectivity index (χ3v) is 6.14. The van der Waals surface area contributed by atoms with Crippen LogP contribution >= 0.6 is 0 Å². The number of ether oxygens (including phenoxy) is 2. The van der Waals surface area contributed by atoms with Crippen molar-refractivity contribution in [1.82, 2.24) is 5.32 Å². The Morgan fingerprint density at radius 1 is 0.795 bits per heavy atom. The molecular formula is C32H35NO6. The summed E-state index contributed by atoms with van der Waals surface area (Å²) in [7, 11) is 0. The molecule has 204 valence electrons. The van der Waals surface area contributed by atoms with Gasteiger partial charge in [-0.3, -0.25) is 4.79 Å². The molecule has 39 heavy (non-hydrogen) atoms. The van der Waals surface area contributed by atoms with Crippen LogP contribution in [0.4, 0.5) is 0 Å². The van der Waals surface area contributed by atoms with Crippen molar-refractivity contribution in [3.05, 3.63) is 92.9 Å². The van der Waals surface area contributed by atoms with Crippen LogP contribution in [0.25, 0.3) is 22.3 Å². The lowest BCUT2D eigenvalue weighted by molar-refractivity contribution is -0.150. The molecule has 7 heteroatoms. The summed E-state index contributed by atoms with van der Waals surface area (Å²) in [5.41, 5.74) is 1.92. The number of hydrogen-bond acceptors (Lipinski definition) is 7. The highest BCUT2D eigenvalue weighted by molar-refractivity contribution is 6.00. The molecule has 2 heterocycles. The average molecular weight is 530 g/mol. The Kier molecular flexibility index (Phi) is 7.30. The second kappa shape index (κ2) is 10.2. The third kappa shape index (κ3) is 6.14. The van der Waals surface area contributed by atoms with Gasteiger partial charge in [-0.2, -0.15) is 0 Å². The van der Waals surface area contributed by atoms with Gasteiger partial charge in [0.2, 0.25) is 0 Å². The number of carbonyl (C=O) groups is 2. The van der Waals surface area contributed by atoms with Crippen molar-refractivity contribution in [2.24, 2.45) is 0 Å². The highest BCUT2D eigenvalue weighted by Crippen LogP contribution is 2.41. The lowest BCUT2D eigenvalue weighted by atomic mass is 9.79. The monoisotopic (exact) mass is 529 g/mol. The summed E-state index contributed by atoms with van der Waals surface area (Å²) in [5.74, 6) is -1.46. The summed E-state index contributed by atoms with van der Waals surface area (Å²) in [6.07, 6.45) is 0. The number of esters is 2. The first kappa shape index (κ1) is 27.9. The molecule has 0 saturated heterocycles. The van der Waals surface area contributed by atoms with Crippen LogP contribution < -0.4 is 10.7 Å². The summed E-state index contributed by atoms with van der Waals surface area (Å²) in [6.45, 7) is 14.3. The van der Waals surface area contributed by atoms with Crippen molar-refractivity contribution in [1.29, 1.82) is 0 Å². The molecule has 0 unspecified atom stereocenters. The van der Waals surface area contributed by atoms with E-state index in [0.717, 1.165) is 0 Å². The van der Waals surface area contributed by atoms with E-state index in [4.69, 9.17) is 13.9 Å². The van der Waals surface area contributed by atoms with Gasteiger partial charge in [0.15, 0.2) is 5.43 Å². The zero-order valence-electron chi connectivity index (χ0n) is 23.7. The molecule has 2 aromatic carbocycles. The van der Waals surface area contributed by atoms with Crippen LogP contribution in [0.3, 0.4) is 0 Å². The van der Waals surface area contributed by atoms with Crippen molar-refractivity contribution in [2.75, 3.05) is 0 Å². The summed E-state index contributed by atoms with van der Waals surface area (Å²) >= 11 is 0. The van der Waals surface area contributed by atoms with E-state index in [9.17, 15) is 14.4 Å². The van der Waals surface area contributed by atoms with Gasteiger partial charge in [-0.05, 0) is 79.2 Å².